The van der Waals surface area contributed by atoms with Crippen LogP contribution >= 0.6 is 11.6 Å². The molecule has 0 amide bonds. The fourth-order valence-electron chi connectivity index (χ4n) is 0.602. The summed E-state index contributed by atoms with van der Waals surface area (Å²) < 4.78 is 0. The minimum atomic E-state index is 0.813. The number of hydrogen-bond acceptors (Lipinski definition) is 1. The lowest BCUT2D eigenvalue weighted by Gasteiger charge is -1.86. The van der Waals surface area contributed by atoms with Crippen molar-refractivity contribution >= 4 is 17.8 Å². The van der Waals surface area contributed by atoms with Crippen molar-refractivity contribution < 1.29 is 0 Å². The van der Waals surface area contributed by atoms with E-state index >= 15 is 0 Å². The van der Waals surface area contributed by atoms with Crippen LogP contribution in [0.25, 0.3) is 0 Å². The van der Waals surface area contributed by atoms with Gasteiger partial charge in [0, 0.05) is 23.4 Å². The van der Waals surface area contributed by atoms with Gasteiger partial charge >= 0.3 is 0 Å². The molecule has 0 fully saturated rings. The Labute approximate surface area is 59.7 Å². The van der Waals surface area contributed by atoms with Gasteiger partial charge in [0.2, 0.25) is 0 Å². The van der Waals surface area contributed by atoms with E-state index in [2.05, 4.69) is 4.99 Å². The minimum Gasteiger partial charge on any atom is -0.262 e. The Morgan fingerprint density at radius 1 is 1.67 bits per heavy atom. The van der Waals surface area contributed by atoms with Crippen molar-refractivity contribution in [2.24, 2.45) is 4.99 Å². The summed E-state index contributed by atoms with van der Waals surface area (Å²) in [7, 11) is 0. The molecule has 0 unspecified atom stereocenters. The van der Waals surface area contributed by atoms with E-state index in [9.17, 15) is 0 Å². The number of nitrogens with zero attached hydrogens (tertiary/aromatic N) is 1. The molecule has 0 aliphatic carbocycles. The minimum absolute atomic E-state index is 0.813. The molecule has 1 rings (SSSR count). The molecule has 1 heterocycles. The molecule has 0 radical (unpaired) electrons. The first-order valence-electron chi connectivity index (χ1n) is 2.84. The highest BCUT2D eigenvalue weighted by Crippen LogP contribution is 2.11. The normalized spacial score (nSPS) is 18.4. The van der Waals surface area contributed by atoms with E-state index in [1.807, 2.05) is 19.1 Å². The third-order valence-corrected chi connectivity index (χ3v) is 1.41. The Morgan fingerprint density at radius 3 is 3.22 bits per heavy atom. The fraction of sp³-hybridized carbons (Fsp3) is 0.286. The van der Waals surface area contributed by atoms with Crippen molar-refractivity contribution in [3.8, 4) is 0 Å². The molecule has 0 saturated carbocycles. The lowest BCUT2D eigenvalue weighted by molar-refractivity contribution is 1.24. The van der Waals surface area contributed by atoms with Gasteiger partial charge in [-0.05, 0) is 13.0 Å². The zero-order valence-corrected chi connectivity index (χ0v) is 6.02. The molecule has 0 N–H and O–H groups in total. The summed E-state index contributed by atoms with van der Waals surface area (Å²) in [5.41, 5.74) is 1.03. The second-order valence-corrected chi connectivity index (χ2v) is 2.43. The van der Waals surface area contributed by atoms with Gasteiger partial charge in [-0.25, -0.2) is 0 Å². The molecule has 0 aromatic heterocycles. The summed E-state index contributed by atoms with van der Waals surface area (Å²) in [5, 5.41) is 0.843. The Hall–Kier alpha value is -0.560. The van der Waals surface area contributed by atoms with Crippen molar-refractivity contribution in [3.05, 3.63) is 22.9 Å². The highest BCUT2D eigenvalue weighted by atomic mass is 35.5. The summed E-state index contributed by atoms with van der Waals surface area (Å²) in [4.78, 5) is 4.05. The molecule has 0 atom stereocenters. The summed E-state index contributed by atoms with van der Waals surface area (Å²) in [6, 6.07) is 0. The van der Waals surface area contributed by atoms with Crippen LogP contribution in [0, 0.1) is 0 Å². The first-order chi connectivity index (χ1) is 4.29. The lowest BCUT2D eigenvalue weighted by Crippen LogP contribution is -1.66. The number of allylic oxidation sites excluding steroid dienone is 4. The van der Waals surface area contributed by atoms with E-state index in [0.717, 1.165) is 17.2 Å². The second kappa shape index (κ2) is 2.83. The van der Waals surface area contributed by atoms with Crippen molar-refractivity contribution in [2.45, 2.75) is 13.3 Å². The molecule has 0 aromatic rings. The van der Waals surface area contributed by atoms with Crippen molar-refractivity contribution in [1.29, 1.82) is 0 Å². The van der Waals surface area contributed by atoms with Crippen molar-refractivity contribution in [1.82, 2.24) is 0 Å². The van der Waals surface area contributed by atoms with Crippen molar-refractivity contribution in [3.63, 3.8) is 0 Å². The van der Waals surface area contributed by atoms with Crippen LogP contribution in [0.2, 0.25) is 0 Å². The molecule has 0 spiro atoms. The quantitative estimate of drug-likeness (QED) is 0.492. The van der Waals surface area contributed by atoms with Gasteiger partial charge in [-0.2, -0.15) is 0 Å². The Balaban J connectivity index is 2.75. The predicted molar refractivity (Wildman–Crippen MR) is 40.8 cm³/mol. The predicted octanol–water partition coefficient (Wildman–Crippen LogP) is 2.49. The smallest absolute Gasteiger partial charge is 0.0336 e. The molecule has 1 aliphatic rings. The number of rotatable bonds is 0. The van der Waals surface area contributed by atoms with Gasteiger partial charge in [-0.3, -0.25) is 4.99 Å². The van der Waals surface area contributed by atoms with Crippen LogP contribution in [0.5, 0.6) is 0 Å². The third-order valence-electron chi connectivity index (χ3n) is 1.13. The van der Waals surface area contributed by atoms with E-state index in [4.69, 9.17) is 11.6 Å². The van der Waals surface area contributed by atoms with E-state index in [-0.39, 0.29) is 0 Å². The maximum absolute atomic E-state index is 5.71. The molecule has 9 heavy (non-hydrogen) atoms. The summed E-state index contributed by atoms with van der Waals surface area (Å²) >= 11 is 5.71. The topological polar surface area (TPSA) is 12.4 Å². The van der Waals surface area contributed by atoms with Gasteiger partial charge < -0.3 is 0 Å². The SMILES string of the molecule is CC1=CCC(Cl)=CC=N1. The summed E-state index contributed by atoms with van der Waals surface area (Å²) in [6.45, 7) is 1.96. The van der Waals surface area contributed by atoms with Gasteiger partial charge in [0.15, 0.2) is 0 Å². The molecule has 0 bridgehead atoms. The molecule has 2 heteroatoms. The molecular formula is C7H8ClN. The third kappa shape index (κ3) is 2.02. The van der Waals surface area contributed by atoms with Crippen molar-refractivity contribution in [2.75, 3.05) is 0 Å². The maximum atomic E-state index is 5.71. The van der Waals surface area contributed by atoms with Gasteiger partial charge in [0.25, 0.3) is 0 Å². The molecule has 0 aromatic carbocycles. The zero-order chi connectivity index (χ0) is 6.69. The fourth-order valence-corrected chi connectivity index (χ4v) is 0.735. The summed E-state index contributed by atoms with van der Waals surface area (Å²) in [6.07, 6.45) is 6.35. The molecule has 1 aliphatic heterocycles. The van der Waals surface area contributed by atoms with Gasteiger partial charge in [0.05, 0.1) is 0 Å². The summed E-state index contributed by atoms with van der Waals surface area (Å²) in [5.74, 6) is 0. The standard InChI is InChI=1S/C7H8ClN/c1-6-2-3-7(8)4-5-9-6/h2,4-5H,3H2,1H3. The van der Waals surface area contributed by atoms with Crippen LogP contribution in [0.1, 0.15) is 13.3 Å². The van der Waals surface area contributed by atoms with Crippen LogP contribution in [0.3, 0.4) is 0 Å². The Morgan fingerprint density at radius 2 is 2.44 bits per heavy atom. The lowest BCUT2D eigenvalue weighted by atomic mass is 10.3. The molecule has 48 valence electrons. The first-order valence-corrected chi connectivity index (χ1v) is 3.22. The first kappa shape index (κ1) is 6.56. The zero-order valence-electron chi connectivity index (χ0n) is 5.26. The Kier molecular flexibility index (Phi) is 2.06. The van der Waals surface area contributed by atoms with Gasteiger partial charge in [0.1, 0.15) is 0 Å². The molecular weight excluding hydrogens is 134 g/mol. The van der Waals surface area contributed by atoms with E-state index < -0.39 is 0 Å². The number of aliphatic imine (C=N–C) groups is 1. The van der Waals surface area contributed by atoms with Crippen LogP contribution < -0.4 is 0 Å². The number of hydrogen-bond donors (Lipinski definition) is 0. The second-order valence-electron chi connectivity index (χ2n) is 1.94. The number of halogens is 1. The van der Waals surface area contributed by atoms with Crippen LogP contribution in [0.4, 0.5) is 0 Å². The van der Waals surface area contributed by atoms with Gasteiger partial charge in [-0.15, -0.1) is 0 Å². The van der Waals surface area contributed by atoms with Crippen LogP contribution in [-0.4, -0.2) is 6.21 Å². The highest BCUT2D eigenvalue weighted by Gasteiger charge is 1.91. The molecule has 1 nitrogen and oxygen atoms in total. The largest absolute Gasteiger partial charge is 0.262 e. The van der Waals surface area contributed by atoms with Crippen LogP contribution in [0.15, 0.2) is 27.9 Å². The molecule has 0 saturated heterocycles. The van der Waals surface area contributed by atoms with E-state index in [0.29, 0.717) is 0 Å². The average Bonchev–Trinajstić information content (AvgIpc) is 1.97. The van der Waals surface area contributed by atoms with E-state index in [1.54, 1.807) is 6.21 Å². The highest BCUT2D eigenvalue weighted by molar-refractivity contribution is 6.30. The monoisotopic (exact) mass is 141 g/mol. The van der Waals surface area contributed by atoms with Gasteiger partial charge in [-0.1, -0.05) is 17.7 Å². The Bertz CT molecular complexity index is 186. The van der Waals surface area contributed by atoms with E-state index in [1.165, 1.54) is 0 Å². The van der Waals surface area contributed by atoms with Crippen LogP contribution in [-0.2, 0) is 0 Å². The average molecular weight is 142 g/mol. The maximum Gasteiger partial charge on any atom is 0.0336 e.